The van der Waals surface area contributed by atoms with Crippen molar-refractivity contribution in [3.05, 3.63) is 44.8 Å². The van der Waals surface area contributed by atoms with Crippen molar-refractivity contribution in [3.63, 3.8) is 0 Å². The number of rotatable bonds is 4. The van der Waals surface area contributed by atoms with E-state index >= 15 is 0 Å². The quantitative estimate of drug-likeness (QED) is 0.819. The average Bonchev–Trinajstić information content (AvgIpc) is 3.32. The molecule has 2 fully saturated rings. The molecule has 2 nitrogen and oxygen atoms in total. The van der Waals surface area contributed by atoms with Gasteiger partial charge in [0, 0.05) is 21.8 Å². The van der Waals surface area contributed by atoms with Gasteiger partial charge in [-0.2, -0.15) is 5.26 Å². The van der Waals surface area contributed by atoms with Gasteiger partial charge in [0.25, 0.3) is 0 Å². The van der Waals surface area contributed by atoms with Crippen LogP contribution in [-0.2, 0) is 5.41 Å². The first kappa shape index (κ1) is 16.3. The third-order valence-corrected chi connectivity index (χ3v) is 8.45. The van der Waals surface area contributed by atoms with E-state index in [4.69, 9.17) is 0 Å². The van der Waals surface area contributed by atoms with Gasteiger partial charge in [0.15, 0.2) is 0 Å². The maximum absolute atomic E-state index is 10.3. The number of nitrogens with zero attached hydrogens (tertiary/aromatic N) is 1. The highest BCUT2D eigenvalue weighted by atomic mass is 32.1. The zero-order valence-corrected chi connectivity index (χ0v) is 15.9. The lowest BCUT2D eigenvalue weighted by Gasteiger charge is -2.47. The summed E-state index contributed by atoms with van der Waals surface area (Å²) in [6.07, 6.45) is 4.71. The lowest BCUT2D eigenvalue weighted by atomic mass is 9.63. The molecule has 2 bridgehead atoms. The van der Waals surface area contributed by atoms with Gasteiger partial charge in [-0.05, 0) is 59.9 Å². The minimum Gasteiger partial charge on any atom is -0.311 e. The van der Waals surface area contributed by atoms with Crippen molar-refractivity contribution < 1.29 is 0 Å². The first-order valence-electron chi connectivity index (χ1n) is 8.81. The molecule has 0 radical (unpaired) electrons. The zero-order chi connectivity index (χ0) is 16.8. The molecule has 1 N–H and O–H groups in total. The lowest BCUT2D eigenvalue weighted by Crippen LogP contribution is -2.52. The van der Waals surface area contributed by atoms with E-state index in [1.165, 1.54) is 29.0 Å². The van der Waals surface area contributed by atoms with E-state index in [9.17, 15) is 5.26 Å². The molecule has 2 aliphatic heterocycles. The Balaban J connectivity index is 1.74. The van der Waals surface area contributed by atoms with Crippen molar-refractivity contribution >= 4 is 22.7 Å². The molecule has 0 aliphatic carbocycles. The zero-order valence-electron chi connectivity index (χ0n) is 14.3. The van der Waals surface area contributed by atoms with E-state index in [0.717, 1.165) is 6.42 Å². The summed E-state index contributed by atoms with van der Waals surface area (Å²) in [6, 6.07) is 12.5. The number of hydrogen-bond acceptors (Lipinski definition) is 4. The van der Waals surface area contributed by atoms with Gasteiger partial charge in [-0.15, -0.1) is 22.7 Å². The minimum atomic E-state index is -0.485. The van der Waals surface area contributed by atoms with Crippen LogP contribution in [0.2, 0.25) is 0 Å². The minimum absolute atomic E-state index is 0.240. The Morgan fingerprint density at radius 2 is 1.88 bits per heavy atom. The smallest absolute Gasteiger partial charge is 0.126 e. The van der Waals surface area contributed by atoms with Crippen molar-refractivity contribution in [1.82, 2.24) is 5.32 Å². The average molecular weight is 357 g/mol. The third kappa shape index (κ3) is 2.45. The van der Waals surface area contributed by atoms with Crippen molar-refractivity contribution in [3.8, 4) is 6.07 Å². The van der Waals surface area contributed by atoms with Crippen molar-refractivity contribution in [2.45, 2.75) is 57.0 Å². The Kier molecular flexibility index (Phi) is 4.07. The largest absolute Gasteiger partial charge is 0.311 e. The molecule has 2 aromatic heterocycles. The summed E-state index contributed by atoms with van der Waals surface area (Å²) in [7, 11) is 0. The first-order valence-corrected chi connectivity index (χ1v) is 10.6. The number of nitriles is 1. The Hall–Kier alpha value is -1.15. The predicted octanol–water partition coefficient (Wildman–Crippen LogP) is 5.18. The summed E-state index contributed by atoms with van der Waals surface area (Å²) in [5.74, 6) is 0.570. The van der Waals surface area contributed by atoms with Gasteiger partial charge in [0.05, 0.1) is 6.07 Å². The number of hydrogen-bond donors (Lipinski definition) is 1. The van der Waals surface area contributed by atoms with E-state index in [1.54, 1.807) is 22.7 Å². The van der Waals surface area contributed by atoms with E-state index in [2.05, 4.69) is 60.3 Å². The molecule has 126 valence electrons. The number of thiophene rings is 2. The Morgan fingerprint density at radius 3 is 2.42 bits per heavy atom. The summed E-state index contributed by atoms with van der Waals surface area (Å²) in [6.45, 7) is 4.81. The van der Waals surface area contributed by atoms with Crippen LogP contribution in [0.3, 0.4) is 0 Å². The molecule has 3 unspecified atom stereocenters. The molecule has 4 heterocycles. The molecule has 4 rings (SSSR count). The maximum Gasteiger partial charge on any atom is 0.126 e. The van der Waals surface area contributed by atoms with Gasteiger partial charge < -0.3 is 5.32 Å². The van der Waals surface area contributed by atoms with Crippen LogP contribution in [0.1, 0.15) is 49.3 Å². The van der Waals surface area contributed by atoms with E-state index in [0.29, 0.717) is 18.0 Å². The highest BCUT2D eigenvalue weighted by molar-refractivity contribution is 7.11. The SMILES string of the molecule is CC1(C)C(CC(C#N)(c2cccs2)c2cccs2)CC2CCC1N2. The van der Waals surface area contributed by atoms with Crippen LogP contribution in [0.5, 0.6) is 0 Å². The monoisotopic (exact) mass is 356 g/mol. The molecule has 0 saturated carbocycles. The third-order valence-electron chi connectivity index (χ3n) is 6.39. The Bertz CT molecular complexity index is 690. The molecular formula is C20H24N2S2. The van der Waals surface area contributed by atoms with Crippen LogP contribution in [0, 0.1) is 22.7 Å². The molecule has 3 atom stereocenters. The van der Waals surface area contributed by atoms with Crippen LogP contribution >= 0.6 is 22.7 Å². The standard InChI is InChI=1S/C20H24N2S2/c1-19(2)14(11-15-7-8-16(19)22-15)12-20(13-21,17-5-3-9-23-17)18-6-4-10-24-18/h3-6,9-10,14-16,22H,7-8,11-12H2,1-2H3. The summed E-state index contributed by atoms with van der Waals surface area (Å²) in [5, 5.41) is 18.3. The second-order valence-corrected chi connectivity index (χ2v) is 9.82. The molecular weight excluding hydrogens is 332 g/mol. The highest BCUT2D eigenvalue weighted by Gasteiger charge is 2.50. The molecule has 0 amide bonds. The van der Waals surface area contributed by atoms with Crippen LogP contribution in [0.15, 0.2) is 35.0 Å². The fourth-order valence-corrected chi connectivity index (χ4v) is 6.63. The van der Waals surface area contributed by atoms with Crippen LogP contribution in [0.4, 0.5) is 0 Å². The van der Waals surface area contributed by atoms with E-state index < -0.39 is 5.41 Å². The van der Waals surface area contributed by atoms with Crippen molar-refractivity contribution in [1.29, 1.82) is 5.26 Å². The van der Waals surface area contributed by atoms with Gasteiger partial charge in [0.2, 0.25) is 0 Å². The summed E-state index contributed by atoms with van der Waals surface area (Å²) in [5.41, 5.74) is -0.245. The van der Waals surface area contributed by atoms with Crippen LogP contribution in [0.25, 0.3) is 0 Å². The molecule has 2 aliphatic rings. The molecule has 24 heavy (non-hydrogen) atoms. The first-order chi connectivity index (χ1) is 11.6. The normalized spacial score (nSPS) is 28.6. The number of piperidine rings is 1. The van der Waals surface area contributed by atoms with Crippen molar-refractivity contribution in [2.24, 2.45) is 11.3 Å². The Labute approximate surface area is 152 Å². The molecule has 2 saturated heterocycles. The van der Waals surface area contributed by atoms with Crippen LogP contribution in [-0.4, -0.2) is 12.1 Å². The van der Waals surface area contributed by atoms with Gasteiger partial charge in [-0.3, -0.25) is 0 Å². The van der Waals surface area contributed by atoms with Crippen LogP contribution < -0.4 is 5.32 Å². The highest BCUT2D eigenvalue weighted by Crippen LogP contribution is 2.52. The topological polar surface area (TPSA) is 35.8 Å². The van der Waals surface area contributed by atoms with E-state index in [-0.39, 0.29) is 5.41 Å². The second-order valence-electron chi connectivity index (χ2n) is 7.92. The number of nitrogens with one attached hydrogen (secondary N) is 1. The summed E-state index contributed by atoms with van der Waals surface area (Å²) in [4.78, 5) is 2.41. The van der Waals surface area contributed by atoms with Gasteiger partial charge >= 0.3 is 0 Å². The van der Waals surface area contributed by atoms with Crippen molar-refractivity contribution in [2.75, 3.05) is 0 Å². The molecule has 0 spiro atoms. The fraction of sp³-hybridized carbons (Fsp3) is 0.550. The summed E-state index contributed by atoms with van der Waals surface area (Å²) >= 11 is 3.45. The Morgan fingerprint density at radius 1 is 1.21 bits per heavy atom. The fourth-order valence-electron chi connectivity index (χ4n) is 4.76. The van der Waals surface area contributed by atoms with E-state index in [1.807, 2.05) is 0 Å². The van der Waals surface area contributed by atoms with Gasteiger partial charge in [-0.25, -0.2) is 0 Å². The van der Waals surface area contributed by atoms with Gasteiger partial charge in [0.1, 0.15) is 5.41 Å². The molecule has 0 aromatic carbocycles. The predicted molar refractivity (Wildman–Crippen MR) is 101 cm³/mol. The lowest BCUT2D eigenvalue weighted by molar-refractivity contribution is 0.0848. The molecule has 2 aromatic rings. The second kappa shape index (κ2) is 5.98. The van der Waals surface area contributed by atoms with Gasteiger partial charge in [-0.1, -0.05) is 26.0 Å². The summed E-state index contributed by atoms with van der Waals surface area (Å²) < 4.78 is 0. The maximum atomic E-state index is 10.3. The molecule has 4 heteroatoms. The number of fused-ring (bicyclic) bond motifs is 2.